The van der Waals surface area contributed by atoms with Crippen molar-refractivity contribution < 1.29 is 32.6 Å². The molecule has 10 N–H and O–H groups in total. The molecule has 14 nitrogen and oxygen atoms in total. The lowest BCUT2D eigenvalue weighted by Gasteiger charge is -2.23. The van der Waals surface area contributed by atoms with Crippen LogP contribution in [0.2, 0.25) is 0 Å². The maximum absolute atomic E-state index is 13.6. The van der Waals surface area contributed by atoms with Crippen molar-refractivity contribution in [3.05, 3.63) is 65.4 Å². The number of ether oxygens (including phenoxy) is 1. The molecule has 2 unspecified atom stereocenters. The predicted octanol–water partition coefficient (Wildman–Crippen LogP) is 0.910. The molecular formula is C31H43N7O7S. The van der Waals surface area contributed by atoms with E-state index in [0.717, 1.165) is 23.7 Å². The van der Waals surface area contributed by atoms with Gasteiger partial charge in [-0.2, -0.15) is 0 Å². The highest BCUT2D eigenvalue weighted by atomic mass is 32.2. The van der Waals surface area contributed by atoms with Crippen LogP contribution in [0.3, 0.4) is 0 Å². The van der Waals surface area contributed by atoms with Crippen LogP contribution in [0.25, 0.3) is 10.9 Å². The SMILES string of the molecule is CCS(=O)(=O)NC(Cc1c[nH]c2ccc(OCCCCCO)cc12)C(=O)NC(CCC(N)=O)C(=O)NCc1ccc(C(=N)N)cc1. The Morgan fingerprint density at radius 3 is 2.41 bits per heavy atom. The molecule has 2 atom stereocenters. The predicted molar refractivity (Wildman–Crippen MR) is 174 cm³/mol. The first-order chi connectivity index (χ1) is 21.9. The number of carbonyl (C=O) groups is 3. The highest BCUT2D eigenvalue weighted by Gasteiger charge is 2.29. The zero-order chi connectivity index (χ0) is 33.7. The highest BCUT2D eigenvalue weighted by molar-refractivity contribution is 7.89. The second-order valence-electron chi connectivity index (χ2n) is 10.8. The number of rotatable bonds is 20. The van der Waals surface area contributed by atoms with E-state index in [1.807, 2.05) is 12.1 Å². The second kappa shape index (κ2) is 17.3. The molecule has 0 saturated heterocycles. The Morgan fingerprint density at radius 2 is 1.76 bits per heavy atom. The van der Waals surface area contributed by atoms with E-state index in [1.54, 1.807) is 36.5 Å². The summed E-state index contributed by atoms with van der Waals surface area (Å²) in [6.45, 7) is 2.13. The van der Waals surface area contributed by atoms with E-state index < -0.39 is 39.8 Å². The quantitative estimate of drug-likeness (QED) is 0.0492. The highest BCUT2D eigenvalue weighted by Crippen LogP contribution is 2.25. The molecule has 2 aromatic carbocycles. The van der Waals surface area contributed by atoms with Gasteiger partial charge in [0.15, 0.2) is 0 Å². The van der Waals surface area contributed by atoms with Crippen molar-refractivity contribution >= 4 is 44.5 Å². The van der Waals surface area contributed by atoms with E-state index in [4.69, 9.17) is 26.7 Å². The summed E-state index contributed by atoms with van der Waals surface area (Å²) in [6.07, 6.45) is 3.65. The Kier molecular flexibility index (Phi) is 13.5. The molecule has 1 aromatic heterocycles. The van der Waals surface area contributed by atoms with Crippen LogP contribution >= 0.6 is 0 Å². The minimum atomic E-state index is -3.85. The lowest BCUT2D eigenvalue weighted by Crippen LogP contribution is -2.54. The van der Waals surface area contributed by atoms with E-state index in [1.165, 1.54) is 6.92 Å². The molecular weight excluding hydrogens is 614 g/mol. The number of amidine groups is 1. The average molecular weight is 658 g/mol. The summed E-state index contributed by atoms with van der Waals surface area (Å²) in [6, 6.07) is 9.64. The first-order valence-electron chi connectivity index (χ1n) is 15.1. The van der Waals surface area contributed by atoms with E-state index >= 15 is 0 Å². The molecule has 15 heteroatoms. The van der Waals surface area contributed by atoms with Crippen LogP contribution in [0.5, 0.6) is 5.75 Å². The zero-order valence-corrected chi connectivity index (χ0v) is 26.6. The van der Waals surface area contributed by atoms with Crippen LogP contribution < -0.4 is 31.6 Å². The molecule has 3 amide bonds. The Bertz CT molecular complexity index is 1610. The summed E-state index contributed by atoms with van der Waals surface area (Å²) >= 11 is 0. The van der Waals surface area contributed by atoms with Gasteiger partial charge in [0, 0.05) is 42.2 Å². The van der Waals surface area contributed by atoms with Gasteiger partial charge >= 0.3 is 0 Å². The Labute approximate surface area is 268 Å². The van der Waals surface area contributed by atoms with Crippen LogP contribution in [0.4, 0.5) is 0 Å². The monoisotopic (exact) mass is 657 g/mol. The van der Waals surface area contributed by atoms with Crippen LogP contribution in [0.1, 0.15) is 55.7 Å². The van der Waals surface area contributed by atoms with Crippen LogP contribution in [-0.4, -0.2) is 73.1 Å². The minimum Gasteiger partial charge on any atom is -0.494 e. The molecule has 0 radical (unpaired) electrons. The van der Waals surface area contributed by atoms with E-state index in [2.05, 4.69) is 20.3 Å². The first kappa shape index (κ1) is 36.0. The normalized spacial score (nSPS) is 12.7. The molecule has 1 heterocycles. The molecule has 0 aliphatic rings. The van der Waals surface area contributed by atoms with Crippen LogP contribution in [0.15, 0.2) is 48.7 Å². The van der Waals surface area contributed by atoms with Crippen molar-refractivity contribution in [2.75, 3.05) is 19.0 Å². The van der Waals surface area contributed by atoms with E-state index in [9.17, 15) is 22.8 Å². The van der Waals surface area contributed by atoms with Crippen molar-refractivity contribution in [2.45, 2.75) is 64.1 Å². The number of fused-ring (bicyclic) bond motifs is 1. The number of nitrogen functional groups attached to an aromatic ring is 1. The maximum atomic E-state index is 13.6. The third-order valence-corrected chi connectivity index (χ3v) is 8.70. The number of nitrogens with one attached hydrogen (secondary N) is 5. The molecule has 0 aliphatic carbocycles. The van der Waals surface area contributed by atoms with Crippen molar-refractivity contribution in [3.8, 4) is 5.75 Å². The summed E-state index contributed by atoms with van der Waals surface area (Å²) in [4.78, 5) is 41.5. The number of hydrogen-bond donors (Lipinski definition) is 8. The second-order valence-corrected chi connectivity index (χ2v) is 12.9. The van der Waals surface area contributed by atoms with Crippen molar-refractivity contribution in [1.29, 1.82) is 5.41 Å². The van der Waals surface area contributed by atoms with Gasteiger partial charge in [-0.3, -0.25) is 19.8 Å². The number of sulfonamides is 1. The van der Waals surface area contributed by atoms with Crippen molar-refractivity contribution in [2.24, 2.45) is 11.5 Å². The van der Waals surface area contributed by atoms with E-state index in [-0.39, 0.29) is 44.0 Å². The molecule has 0 aliphatic heterocycles. The number of primary amides is 1. The molecule has 46 heavy (non-hydrogen) atoms. The molecule has 3 aromatic rings. The fourth-order valence-corrected chi connectivity index (χ4v) is 5.44. The third-order valence-electron chi connectivity index (χ3n) is 7.30. The fourth-order valence-electron chi connectivity index (χ4n) is 4.65. The van der Waals surface area contributed by atoms with Gasteiger partial charge in [-0.15, -0.1) is 0 Å². The number of nitrogens with two attached hydrogens (primary N) is 2. The lowest BCUT2D eigenvalue weighted by molar-refractivity contribution is -0.130. The summed E-state index contributed by atoms with van der Waals surface area (Å²) in [7, 11) is -3.85. The maximum Gasteiger partial charge on any atom is 0.242 e. The van der Waals surface area contributed by atoms with Gasteiger partial charge in [0.2, 0.25) is 27.7 Å². The molecule has 250 valence electrons. The molecule has 0 spiro atoms. The van der Waals surface area contributed by atoms with Crippen LogP contribution in [-0.2, 0) is 37.4 Å². The number of H-pyrrole nitrogens is 1. The standard InChI is InChI=1S/C31H43N7O7S/c1-2-46(43,44)38-27(16-22-19-35-25-11-10-23(17-24(22)25)45-15-5-3-4-14-39)31(42)37-26(12-13-28(32)40)30(41)36-18-20-6-8-21(9-7-20)29(33)34/h6-11,17,19,26-27,35,38-39H,2-5,12-16,18H2,1H3,(H2,32,40)(H3,33,34)(H,36,41)(H,37,42). The molecule has 0 fully saturated rings. The van der Waals surface area contributed by atoms with Crippen molar-refractivity contribution in [3.63, 3.8) is 0 Å². The third kappa shape index (κ3) is 11.2. The number of aliphatic hydroxyl groups is 1. The number of aromatic amines is 1. The van der Waals surface area contributed by atoms with Crippen LogP contribution in [0, 0.1) is 5.41 Å². The topological polar surface area (TPSA) is 243 Å². The Morgan fingerprint density at radius 1 is 1.02 bits per heavy atom. The number of amides is 3. The van der Waals surface area contributed by atoms with Gasteiger partial charge in [0.25, 0.3) is 0 Å². The smallest absolute Gasteiger partial charge is 0.242 e. The average Bonchev–Trinajstić information content (AvgIpc) is 3.43. The number of aromatic nitrogens is 1. The number of hydrogen-bond acceptors (Lipinski definition) is 8. The number of aliphatic hydroxyl groups excluding tert-OH is 1. The van der Waals surface area contributed by atoms with Gasteiger partial charge in [-0.1, -0.05) is 24.3 Å². The van der Waals surface area contributed by atoms with Gasteiger partial charge in [-0.05, 0) is 68.4 Å². The van der Waals surface area contributed by atoms with E-state index in [0.29, 0.717) is 35.5 Å². The summed E-state index contributed by atoms with van der Waals surface area (Å²) in [5.41, 5.74) is 13.4. The van der Waals surface area contributed by atoms with Gasteiger partial charge in [0.05, 0.1) is 12.4 Å². The van der Waals surface area contributed by atoms with Gasteiger partial charge in [0.1, 0.15) is 23.7 Å². The number of unbranched alkanes of at least 4 members (excludes halogenated alkanes) is 2. The fraction of sp³-hybridized carbons (Fsp3) is 0.419. The summed E-state index contributed by atoms with van der Waals surface area (Å²) < 4.78 is 33.5. The minimum absolute atomic E-state index is 0.0440. The lowest BCUT2D eigenvalue weighted by atomic mass is 10.0. The zero-order valence-electron chi connectivity index (χ0n) is 25.8. The Balaban J connectivity index is 1.78. The van der Waals surface area contributed by atoms with Gasteiger partial charge < -0.3 is 36.9 Å². The van der Waals surface area contributed by atoms with Crippen molar-refractivity contribution in [1.82, 2.24) is 20.3 Å². The number of carbonyl (C=O) groups excluding carboxylic acids is 3. The molecule has 3 rings (SSSR count). The first-order valence-corrected chi connectivity index (χ1v) is 16.7. The van der Waals surface area contributed by atoms with Gasteiger partial charge in [-0.25, -0.2) is 13.1 Å². The molecule has 0 saturated carbocycles. The largest absolute Gasteiger partial charge is 0.494 e. The summed E-state index contributed by atoms with van der Waals surface area (Å²) in [5, 5.41) is 22.5. The summed E-state index contributed by atoms with van der Waals surface area (Å²) in [5.74, 6) is -1.77. The Hall–Kier alpha value is -4.47. The molecule has 0 bridgehead atoms. The number of benzene rings is 2.